The second-order valence-electron chi connectivity index (χ2n) is 7.02. The Kier molecular flexibility index (Phi) is 5.91. The first-order valence-corrected chi connectivity index (χ1v) is 9.61. The molecule has 6 nitrogen and oxygen atoms in total. The van der Waals surface area contributed by atoms with Crippen molar-refractivity contribution in [2.45, 2.75) is 64.3 Å². The van der Waals surface area contributed by atoms with E-state index in [4.69, 9.17) is 10.2 Å². The maximum atomic E-state index is 12.4. The Hall–Kier alpha value is -2.37. The highest BCUT2D eigenvalue weighted by molar-refractivity contribution is 5.98. The van der Waals surface area contributed by atoms with Crippen molar-refractivity contribution >= 4 is 22.8 Å². The molecular formula is C20H27N3O3. The Morgan fingerprint density at radius 1 is 1.27 bits per heavy atom. The number of carbonyl (C=O) groups is 2. The monoisotopic (exact) mass is 357 g/mol. The van der Waals surface area contributed by atoms with Gasteiger partial charge in [-0.15, -0.1) is 0 Å². The molecule has 2 N–H and O–H groups in total. The minimum atomic E-state index is -0.798. The maximum absolute atomic E-state index is 12.4. The fourth-order valence-corrected chi connectivity index (χ4v) is 3.74. The van der Waals surface area contributed by atoms with Crippen LogP contribution in [0.2, 0.25) is 0 Å². The van der Waals surface area contributed by atoms with Gasteiger partial charge < -0.3 is 10.4 Å². The molecule has 1 saturated carbocycles. The lowest BCUT2D eigenvalue weighted by Gasteiger charge is -2.12. The highest BCUT2D eigenvalue weighted by atomic mass is 16.4. The predicted octanol–water partition coefficient (Wildman–Crippen LogP) is 3.70. The summed E-state index contributed by atoms with van der Waals surface area (Å²) < 4.78 is 2.13. The first kappa shape index (κ1) is 18.4. The quantitative estimate of drug-likeness (QED) is 0.706. The molecule has 1 fully saturated rings. The van der Waals surface area contributed by atoms with Crippen molar-refractivity contribution in [3.8, 4) is 0 Å². The highest BCUT2D eigenvalue weighted by Gasteiger charge is 2.22. The molecule has 0 atom stereocenters. The smallest absolute Gasteiger partial charge is 0.303 e. The largest absolute Gasteiger partial charge is 0.481 e. The van der Waals surface area contributed by atoms with Gasteiger partial charge in [-0.1, -0.05) is 25.8 Å². The normalized spacial score (nSPS) is 14.8. The minimum Gasteiger partial charge on any atom is -0.481 e. The van der Waals surface area contributed by atoms with Crippen LogP contribution in [0.5, 0.6) is 0 Å². The molecule has 0 aliphatic heterocycles. The van der Waals surface area contributed by atoms with Crippen LogP contribution in [0.4, 0.5) is 0 Å². The number of carboxylic acid groups (broad SMARTS) is 1. The van der Waals surface area contributed by atoms with Crippen LogP contribution >= 0.6 is 0 Å². The average molecular weight is 357 g/mol. The van der Waals surface area contributed by atoms with Gasteiger partial charge in [0, 0.05) is 23.9 Å². The minimum absolute atomic E-state index is 0.112. The number of hydrogen-bond acceptors (Lipinski definition) is 3. The fraction of sp³-hybridized carbons (Fsp3) is 0.550. The lowest BCUT2D eigenvalue weighted by atomic mass is 10.1. The molecule has 0 radical (unpaired) electrons. The molecule has 140 valence electrons. The maximum Gasteiger partial charge on any atom is 0.303 e. The van der Waals surface area contributed by atoms with Crippen LogP contribution < -0.4 is 5.32 Å². The molecule has 1 aromatic heterocycles. The SMILES string of the molecule is CCc1nn(C2CCCC2)c2cc(C(=O)NCCCCC(=O)O)ccc12. The van der Waals surface area contributed by atoms with Crippen LogP contribution in [0.25, 0.3) is 10.9 Å². The Morgan fingerprint density at radius 3 is 2.73 bits per heavy atom. The van der Waals surface area contributed by atoms with Crippen molar-refractivity contribution < 1.29 is 14.7 Å². The number of amides is 1. The lowest BCUT2D eigenvalue weighted by Crippen LogP contribution is -2.24. The summed E-state index contributed by atoms with van der Waals surface area (Å²) in [6.07, 6.45) is 7.05. The van der Waals surface area contributed by atoms with Gasteiger partial charge in [-0.3, -0.25) is 14.3 Å². The zero-order valence-electron chi connectivity index (χ0n) is 15.3. The first-order valence-electron chi connectivity index (χ1n) is 9.61. The number of rotatable bonds is 8. The number of unbranched alkanes of at least 4 members (excludes halogenated alkanes) is 1. The van der Waals surface area contributed by atoms with Crippen molar-refractivity contribution in [1.29, 1.82) is 0 Å². The molecule has 3 rings (SSSR count). The molecule has 1 aliphatic carbocycles. The fourth-order valence-electron chi connectivity index (χ4n) is 3.74. The van der Waals surface area contributed by atoms with E-state index in [9.17, 15) is 9.59 Å². The molecule has 0 spiro atoms. The Labute approximate surface area is 153 Å². The molecule has 26 heavy (non-hydrogen) atoms. The first-order chi connectivity index (χ1) is 12.6. The molecule has 0 unspecified atom stereocenters. The van der Waals surface area contributed by atoms with Gasteiger partial charge in [0.1, 0.15) is 0 Å². The second kappa shape index (κ2) is 8.34. The number of aromatic nitrogens is 2. The molecule has 2 aromatic rings. The molecule has 1 aliphatic rings. The Balaban J connectivity index is 1.74. The highest BCUT2D eigenvalue weighted by Crippen LogP contribution is 2.33. The number of nitrogens with zero attached hydrogens (tertiary/aromatic N) is 2. The Morgan fingerprint density at radius 2 is 2.04 bits per heavy atom. The van der Waals surface area contributed by atoms with E-state index in [2.05, 4.69) is 16.9 Å². The zero-order chi connectivity index (χ0) is 18.5. The van der Waals surface area contributed by atoms with Crippen molar-refractivity contribution in [2.75, 3.05) is 6.54 Å². The van der Waals surface area contributed by atoms with E-state index in [0.717, 1.165) is 35.9 Å². The van der Waals surface area contributed by atoms with Crippen LogP contribution in [-0.4, -0.2) is 33.3 Å². The van der Waals surface area contributed by atoms with Gasteiger partial charge in [-0.2, -0.15) is 5.10 Å². The van der Waals surface area contributed by atoms with E-state index < -0.39 is 5.97 Å². The third kappa shape index (κ3) is 4.06. The Bertz CT molecular complexity index is 791. The number of fused-ring (bicyclic) bond motifs is 1. The molecule has 1 heterocycles. The number of carbonyl (C=O) groups excluding carboxylic acids is 1. The predicted molar refractivity (Wildman–Crippen MR) is 100 cm³/mol. The summed E-state index contributed by atoms with van der Waals surface area (Å²) in [6, 6.07) is 6.25. The van der Waals surface area contributed by atoms with E-state index >= 15 is 0 Å². The standard InChI is InChI=1S/C20H27N3O3/c1-2-17-16-11-10-14(20(26)21-12-6-5-9-19(24)25)13-18(16)23(22-17)15-7-3-4-8-15/h10-11,13,15H,2-9,12H2,1H3,(H,21,26)(H,24,25). The average Bonchev–Trinajstić information content (AvgIpc) is 3.27. The van der Waals surface area contributed by atoms with Gasteiger partial charge in [0.05, 0.1) is 17.3 Å². The number of benzene rings is 1. The van der Waals surface area contributed by atoms with Crippen molar-refractivity contribution in [1.82, 2.24) is 15.1 Å². The number of aliphatic carboxylic acids is 1. The van der Waals surface area contributed by atoms with Crippen molar-refractivity contribution in [3.05, 3.63) is 29.5 Å². The molecule has 6 heteroatoms. The molecule has 1 amide bonds. The van der Waals surface area contributed by atoms with E-state index in [1.54, 1.807) is 0 Å². The zero-order valence-corrected chi connectivity index (χ0v) is 15.3. The van der Waals surface area contributed by atoms with Crippen molar-refractivity contribution in [3.63, 3.8) is 0 Å². The van der Waals surface area contributed by atoms with Crippen LogP contribution in [0, 0.1) is 0 Å². The number of aryl methyl sites for hydroxylation is 1. The number of nitrogens with one attached hydrogen (secondary N) is 1. The van der Waals surface area contributed by atoms with E-state index in [1.807, 2.05) is 18.2 Å². The van der Waals surface area contributed by atoms with E-state index in [1.165, 1.54) is 12.8 Å². The summed E-state index contributed by atoms with van der Waals surface area (Å²) in [5.41, 5.74) is 2.78. The van der Waals surface area contributed by atoms with Crippen LogP contribution in [-0.2, 0) is 11.2 Å². The van der Waals surface area contributed by atoms with Crippen molar-refractivity contribution in [2.24, 2.45) is 0 Å². The van der Waals surface area contributed by atoms with Gasteiger partial charge in [-0.25, -0.2) is 0 Å². The van der Waals surface area contributed by atoms with E-state index in [0.29, 0.717) is 31.0 Å². The van der Waals surface area contributed by atoms with E-state index in [-0.39, 0.29) is 12.3 Å². The summed E-state index contributed by atoms with van der Waals surface area (Å²) in [5.74, 6) is -0.909. The van der Waals surface area contributed by atoms with Gasteiger partial charge in [0.25, 0.3) is 5.91 Å². The molecule has 1 aromatic carbocycles. The van der Waals surface area contributed by atoms with Crippen LogP contribution in [0.1, 0.15) is 74.0 Å². The number of hydrogen-bond donors (Lipinski definition) is 2. The topological polar surface area (TPSA) is 84.2 Å². The molecular weight excluding hydrogens is 330 g/mol. The molecule has 0 saturated heterocycles. The third-order valence-electron chi connectivity index (χ3n) is 5.15. The van der Waals surface area contributed by atoms with Gasteiger partial charge in [0.15, 0.2) is 0 Å². The lowest BCUT2D eigenvalue weighted by molar-refractivity contribution is -0.137. The summed E-state index contributed by atoms with van der Waals surface area (Å²) in [6.45, 7) is 2.60. The number of carboxylic acids is 1. The third-order valence-corrected chi connectivity index (χ3v) is 5.15. The summed E-state index contributed by atoms with van der Waals surface area (Å²) >= 11 is 0. The van der Waals surface area contributed by atoms with Crippen LogP contribution in [0.15, 0.2) is 18.2 Å². The second-order valence-corrected chi connectivity index (χ2v) is 7.02. The summed E-state index contributed by atoms with van der Waals surface area (Å²) in [4.78, 5) is 23.0. The molecule has 0 bridgehead atoms. The summed E-state index contributed by atoms with van der Waals surface area (Å²) in [5, 5.41) is 17.5. The van der Waals surface area contributed by atoms with Gasteiger partial charge in [0.2, 0.25) is 0 Å². The van der Waals surface area contributed by atoms with Gasteiger partial charge >= 0.3 is 5.97 Å². The van der Waals surface area contributed by atoms with Crippen LogP contribution in [0.3, 0.4) is 0 Å². The summed E-state index contributed by atoms with van der Waals surface area (Å²) in [7, 11) is 0. The van der Waals surface area contributed by atoms with Gasteiger partial charge in [-0.05, 0) is 44.2 Å².